The van der Waals surface area contributed by atoms with Gasteiger partial charge in [-0.25, -0.2) is 14.1 Å². The van der Waals surface area contributed by atoms with Crippen LogP contribution in [0.25, 0.3) is 0 Å². The summed E-state index contributed by atoms with van der Waals surface area (Å²) in [5.74, 6) is -2.12. The summed E-state index contributed by atoms with van der Waals surface area (Å²) in [5, 5.41) is 0. The number of rotatable bonds is 4. The fourth-order valence-electron chi connectivity index (χ4n) is 3.19. The number of anilines is 1. The normalized spacial score (nSPS) is 16.8. The molecule has 0 spiro atoms. The molecule has 0 N–H and O–H groups in total. The molecule has 1 fully saturated rings. The van der Waals surface area contributed by atoms with Crippen molar-refractivity contribution in [2.24, 2.45) is 0 Å². The molecule has 28 heavy (non-hydrogen) atoms. The SMILES string of the molecule is CC1(C)C(=O)N(c2ccc(F)c(C(F)(F)F)c2)C(=O)N1CCc1ccccc1. The molecular formula is C20H18F4N2O2. The van der Waals surface area contributed by atoms with Gasteiger partial charge in [0.1, 0.15) is 11.4 Å². The van der Waals surface area contributed by atoms with Crippen LogP contribution in [0, 0.1) is 5.82 Å². The van der Waals surface area contributed by atoms with E-state index in [0.717, 1.165) is 11.6 Å². The number of alkyl halides is 3. The van der Waals surface area contributed by atoms with Gasteiger partial charge in [0, 0.05) is 6.54 Å². The predicted molar refractivity (Wildman–Crippen MR) is 95.2 cm³/mol. The van der Waals surface area contributed by atoms with E-state index in [2.05, 4.69) is 0 Å². The van der Waals surface area contributed by atoms with Crippen LogP contribution in [0.4, 0.5) is 28.0 Å². The lowest BCUT2D eigenvalue weighted by Gasteiger charge is -2.27. The summed E-state index contributed by atoms with van der Waals surface area (Å²) in [5.41, 5.74) is -2.11. The maximum Gasteiger partial charge on any atom is 0.419 e. The van der Waals surface area contributed by atoms with Crippen LogP contribution in [-0.2, 0) is 17.4 Å². The molecule has 0 unspecified atom stereocenters. The molecule has 3 amide bonds. The van der Waals surface area contributed by atoms with Crippen molar-refractivity contribution < 1.29 is 27.2 Å². The zero-order chi connectivity index (χ0) is 20.7. The van der Waals surface area contributed by atoms with E-state index in [0.29, 0.717) is 23.5 Å². The van der Waals surface area contributed by atoms with E-state index in [4.69, 9.17) is 0 Å². The van der Waals surface area contributed by atoms with Gasteiger partial charge in [-0.2, -0.15) is 13.2 Å². The Hall–Kier alpha value is -2.90. The Morgan fingerprint density at radius 1 is 1.00 bits per heavy atom. The molecule has 1 aliphatic heterocycles. The molecule has 1 aliphatic rings. The van der Waals surface area contributed by atoms with Crippen LogP contribution in [0.15, 0.2) is 48.5 Å². The van der Waals surface area contributed by atoms with Gasteiger partial charge < -0.3 is 4.90 Å². The largest absolute Gasteiger partial charge is 0.419 e. The van der Waals surface area contributed by atoms with E-state index in [1.54, 1.807) is 0 Å². The first kappa shape index (κ1) is 19.9. The minimum absolute atomic E-state index is 0.214. The molecule has 0 aliphatic carbocycles. The maximum atomic E-state index is 13.6. The zero-order valence-corrected chi connectivity index (χ0v) is 15.3. The predicted octanol–water partition coefficient (Wildman–Crippen LogP) is 4.63. The molecule has 0 aromatic heterocycles. The van der Waals surface area contributed by atoms with Crippen molar-refractivity contribution in [2.45, 2.75) is 32.0 Å². The highest BCUT2D eigenvalue weighted by Gasteiger charge is 2.52. The Bertz CT molecular complexity index is 910. The van der Waals surface area contributed by atoms with Gasteiger partial charge in [-0.15, -0.1) is 0 Å². The number of imide groups is 1. The Kier molecular flexibility index (Phi) is 4.91. The minimum atomic E-state index is -4.94. The van der Waals surface area contributed by atoms with E-state index in [1.165, 1.54) is 18.7 Å². The van der Waals surface area contributed by atoms with Gasteiger partial charge in [-0.1, -0.05) is 30.3 Å². The van der Waals surface area contributed by atoms with Crippen molar-refractivity contribution in [3.05, 3.63) is 65.5 Å². The summed E-state index contributed by atoms with van der Waals surface area (Å²) >= 11 is 0. The van der Waals surface area contributed by atoms with Gasteiger partial charge in [-0.05, 0) is 44.0 Å². The zero-order valence-electron chi connectivity index (χ0n) is 15.3. The van der Waals surface area contributed by atoms with Crippen LogP contribution < -0.4 is 4.90 Å². The number of carbonyl (C=O) groups excluding carboxylic acids is 2. The second-order valence-corrected chi connectivity index (χ2v) is 7.03. The highest BCUT2D eigenvalue weighted by atomic mass is 19.4. The highest BCUT2D eigenvalue weighted by molar-refractivity contribution is 6.23. The summed E-state index contributed by atoms with van der Waals surface area (Å²) in [6.45, 7) is 3.28. The molecule has 2 aromatic carbocycles. The highest BCUT2D eigenvalue weighted by Crippen LogP contribution is 2.37. The Labute approximate surface area is 159 Å². The Morgan fingerprint density at radius 3 is 2.25 bits per heavy atom. The smallest absolute Gasteiger partial charge is 0.309 e. The van der Waals surface area contributed by atoms with Crippen molar-refractivity contribution in [1.29, 1.82) is 0 Å². The Morgan fingerprint density at radius 2 is 1.64 bits per heavy atom. The molecule has 0 atom stereocenters. The monoisotopic (exact) mass is 394 g/mol. The van der Waals surface area contributed by atoms with Crippen LogP contribution in [0.3, 0.4) is 0 Å². The average molecular weight is 394 g/mol. The number of benzene rings is 2. The molecule has 3 rings (SSSR count). The summed E-state index contributed by atoms with van der Waals surface area (Å²) in [4.78, 5) is 27.6. The lowest BCUT2D eigenvalue weighted by molar-refractivity contribution is -0.140. The lowest BCUT2D eigenvalue weighted by Crippen LogP contribution is -2.45. The standard InChI is InChI=1S/C20H18F4N2O2/c1-19(2)17(27)26(14-8-9-16(21)15(12-14)20(22,23)24)18(28)25(19)11-10-13-6-4-3-5-7-13/h3-9,12H,10-11H2,1-2H3. The summed E-state index contributed by atoms with van der Waals surface area (Å²) in [7, 11) is 0. The molecule has 0 saturated carbocycles. The third kappa shape index (κ3) is 3.46. The van der Waals surface area contributed by atoms with E-state index < -0.39 is 35.0 Å². The first-order valence-corrected chi connectivity index (χ1v) is 8.60. The third-order valence-electron chi connectivity index (χ3n) is 4.80. The number of urea groups is 1. The molecule has 4 nitrogen and oxygen atoms in total. The minimum Gasteiger partial charge on any atom is -0.309 e. The molecule has 0 radical (unpaired) electrons. The molecule has 148 valence electrons. The first-order valence-electron chi connectivity index (χ1n) is 8.60. The van der Waals surface area contributed by atoms with Gasteiger partial charge >= 0.3 is 12.2 Å². The van der Waals surface area contributed by atoms with Gasteiger partial charge in [0.15, 0.2) is 0 Å². The quantitative estimate of drug-likeness (QED) is 0.560. The number of hydrogen-bond acceptors (Lipinski definition) is 2. The average Bonchev–Trinajstić information content (AvgIpc) is 2.79. The molecule has 8 heteroatoms. The second-order valence-electron chi connectivity index (χ2n) is 7.03. The Balaban J connectivity index is 1.91. The van der Waals surface area contributed by atoms with Gasteiger partial charge in [0.25, 0.3) is 5.91 Å². The molecule has 0 bridgehead atoms. The van der Waals surface area contributed by atoms with E-state index in [9.17, 15) is 27.2 Å². The molecule has 2 aromatic rings. The number of carbonyl (C=O) groups is 2. The fraction of sp³-hybridized carbons (Fsp3) is 0.300. The van der Waals surface area contributed by atoms with E-state index in [-0.39, 0.29) is 12.2 Å². The van der Waals surface area contributed by atoms with Crippen LogP contribution >= 0.6 is 0 Å². The van der Waals surface area contributed by atoms with Crippen LogP contribution in [0.1, 0.15) is 25.0 Å². The summed E-state index contributed by atoms with van der Waals surface area (Å²) < 4.78 is 52.6. The first-order chi connectivity index (χ1) is 13.0. The topological polar surface area (TPSA) is 40.6 Å². The van der Waals surface area contributed by atoms with Crippen LogP contribution in [0.2, 0.25) is 0 Å². The van der Waals surface area contributed by atoms with Crippen molar-refractivity contribution in [3.8, 4) is 0 Å². The molecule has 1 heterocycles. The van der Waals surface area contributed by atoms with Gasteiger partial charge in [0.2, 0.25) is 0 Å². The summed E-state index contributed by atoms with van der Waals surface area (Å²) in [6.07, 6.45) is -4.46. The van der Waals surface area contributed by atoms with Crippen LogP contribution in [0.5, 0.6) is 0 Å². The second kappa shape index (κ2) is 6.92. The van der Waals surface area contributed by atoms with Gasteiger partial charge in [0.05, 0.1) is 11.3 Å². The lowest BCUT2D eigenvalue weighted by atomic mass is 10.0. The van der Waals surface area contributed by atoms with Crippen molar-refractivity contribution >= 4 is 17.6 Å². The van der Waals surface area contributed by atoms with E-state index in [1.807, 2.05) is 30.3 Å². The number of amides is 3. The van der Waals surface area contributed by atoms with Crippen LogP contribution in [-0.4, -0.2) is 28.9 Å². The van der Waals surface area contributed by atoms with E-state index >= 15 is 0 Å². The third-order valence-corrected chi connectivity index (χ3v) is 4.80. The van der Waals surface area contributed by atoms with Crippen molar-refractivity contribution in [2.75, 3.05) is 11.4 Å². The summed E-state index contributed by atoms with van der Waals surface area (Å²) in [6, 6.07) is 10.7. The van der Waals surface area contributed by atoms with Crippen molar-refractivity contribution in [3.63, 3.8) is 0 Å². The number of halogens is 4. The maximum absolute atomic E-state index is 13.6. The van der Waals surface area contributed by atoms with Gasteiger partial charge in [-0.3, -0.25) is 4.79 Å². The fourth-order valence-corrected chi connectivity index (χ4v) is 3.19. The number of hydrogen-bond donors (Lipinski definition) is 0. The van der Waals surface area contributed by atoms with Crippen molar-refractivity contribution in [1.82, 2.24) is 4.90 Å². The molecular weight excluding hydrogens is 376 g/mol. The molecule has 1 saturated heterocycles. The number of nitrogens with zero attached hydrogens (tertiary/aromatic N) is 2.